The van der Waals surface area contributed by atoms with Gasteiger partial charge in [0.2, 0.25) is 9.84 Å². The molecule has 0 atom stereocenters. The molecule has 0 unspecified atom stereocenters. The number of rotatable bonds is 2. The van der Waals surface area contributed by atoms with E-state index in [4.69, 9.17) is 17.3 Å². The number of hydrogen-bond donors (Lipinski definition) is 1. The molecule has 0 heterocycles. The van der Waals surface area contributed by atoms with E-state index in [1.54, 1.807) is 0 Å². The summed E-state index contributed by atoms with van der Waals surface area (Å²) in [6, 6.07) is 2.23. The van der Waals surface area contributed by atoms with Gasteiger partial charge in [-0.15, -0.1) is 0 Å². The van der Waals surface area contributed by atoms with Gasteiger partial charge in [-0.3, -0.25) is 0 Å². The summed E-state index contributed by atoms with van der Waals surface area (Å²) >= 11 is 5.56. The Morgan fingerprint density at radius 3 is 2.54 bits per heavy atom. The minimum absolute atomic E-state index is 0.121. The second-order valence-electron chi connectivity index (χ2n) is 2.41. The molecule has 0 aromatic heterocycles. The number of anilines is 1. The van der Waals surface area contributed by atoms with E-state index in [1.165, 1.54) is 12.1 Å². The van der Waals surface area contributed by atoms with Crippen molar-refractivity contribution in [2.75, 3.05) is 11.7 Å². The standard InChI is InChI=1S/C7H7ClFNO2S/c8-6-2-1-5(3-7(6)10)13(11,12)4-9/h1-3H,4,10H2. The summed E-state index contributed by atoms with van der Waals surface area (Å²) in [6.45, 7) is 0. The van der Waals surface area contributed by atoms with Crippen molar-refractivity contribution in [2.45, 2.75) is 4.90 Å². The van der Waals surface area contributed by atoms with Gasteiger partial charge in [-0.05, 0) is 18.2 Å². The number of nitrogens with two attached hydrogens (primary N) is 1. The maximum absolute atomic E-state index is 12.0. The first-order valence-corrected chi connectivity index (χ1v) is 5.34. The highest BCUT2D eigenvalue weighted by atomic mass is 35.5. The zero-order valence-corrected chi connectivity index (χ0v) is 8.07. The monoisotopic (exact) mass is 223 g/mol. The molecule has 0 radical (unpaired) electrons. The minimum Gasteiger partial charge on any atom is -0.397 e. The molecule has 72 valence electrons. The number of alkyl halides is 1. The van der Waals surface area contributed by atoms with Crippen LogP contribution in [-0.2, 0) is 9.84 Å². The Bertz CT molecular complexity index is 419. The number of benzene rings is 1. The third-order valence-corrected chi connectivity index (χ3v) is 3.07. The maximum atomic E-state index is 12.0. The lowest BCUT2D eigenvalue weighted by Crippen LogP contribution is -2.03. The SMILES string of the molecule is Nc1cc(S(=O)(=O)CF)ccc1Cl. The lowest BCUT2D eigenvalue weighted by Gasteiger charge is -2.01. The van der Waals surface area contributed by atoms with Gasteiger partial charge in [-0.1, -0.05) is 11.6 Å². The largest absolute Gasteiger partial charge is 0.397 e. The molecule has 0 aliphatic rings. The zero-order valence-electron chi connectivity index (χ0n) is 6.50. The first-order chi connectivity index (χ1) is 5.97. The average molecular weight is 224 g/mol. The molecule has 0 fully saturated rings. The fourth-order valence-electron chi connectivity index (χ4n) is 0.778. The van der Waals surface area contributed by atoms with Crippen LogP contribution in [0.3, 0.4) is 0 Å². The molecule has 2 N–H and O–H groups in total. The van der Waals surface area contributed by atoms with Crippen molar-refractivity contribution in [3.63, 3.8) is 0 Å². The van der Waals surface area contributed by atoms with Gasteiger partial charge in [0.1, 0.15) is 0 Å². The van der Waals surface area contributed by atoms with Crippen LogP contribution in [0.5, 0.6) is 0 Å². The van der Waals surface area contributed by atoms with E-state index in [0.29, 0.717) is 0 Å². The van der Waals surface area contributed by atoms with Crippen LogP contribution < -0.4 is 5.73 Å². The second kappa shape index (κ2) is 3.51. The molecule has 3 nitrogen and oxygen atoms in total. The summed E-state index contributed by atoms with van der Waals surface area (Å²) in [5.74, 6) is 0. The van der Waals surface area contributed by atoms with Gasteiger partial charge in [0.25, 0.3) is 0 Å². The molecule has 0 saturated carbocycles. The first kappa shape index (κ1) is 10.3. The van der Waals surface area contributed by atoms with Crippen molar-refractivity contribution in [1.82, 2.24) is 0 Å². The summed E-state index contributed by atoms with van der Waals surface area (Å²) in [5.41, 5.74) is 5.47. The van der Waals surface area contributed by atoms with Crippen LogP contribution in [0.1, 0.15) is 0 Å². The van der Waals surface area contributed by atoms with Crippen LogP contribution in [0.25, 0.3) is 0 Å². The fourth-order valence-corrected chi connectivity index (χ4v) is 1.60. The Balaban J connectivity index is 3.27. The number of hydrogen-bond acceptors (Lipinski definition) is 3. The maximum Gasteiger partial charge on any atom is 0.207 e. The molecule has 6 heteroatoms. The minimum atomic E-state index is -3.84. The van der Waals surface area contributed by atoms with Gasteiger partial charge >= 0.3 is 0 Å². The summed E-state index contributed by atoms with van der Waals surface area (Å²) < 4.78 is 34.0. The molecule has 1 aromatic carbocycles. The van der Waals surface area contributed by atoms with E-state index < -0.39 is 15.8 Å². The number of nitrogen functional groups attached to an aromatic ring is 1. The first-order valence-electron chi connectivity index (χ1n) is 3.31. The molecular formula is C7H7ClFNO2S. The van der Waals surface area contributed by atoms with E-state index in [1.807, 2.05) is 0 Å². The third-order valence-electron chi connectivity index (χ3n) is 1.47. The predicted molar refractivity (Wildman–Crippen MR) is 49.0 cm³/mol. The van der Waals surface area contributed by atoms with Crippen molar-refractivity contribution < 1.29 is 12.8 Å². The van der Waals surface area contributed by atoms with Crippen molar-refractivity contribution in [3.8, 4) is 0 Å². The van der Waals surface area contributed by atoms with Gasteiger partial charge in [-0.25, -0.2) is 12.8 Å². The molecule has 1 rings (SSSR count). The van der Waals surface area contributed by atoms with Gasteiger partial charge in [0.05, 0.1) is 15.6 Å². The highest BCUT2D eigenvalue weighted by molar-refractivity contribution is 7.91. The molecule has 0 spiro atoms. The van der Waals surface area contributed by atoms with Crippen molar-refractivity contribution in [2.24, 2.45) is 0 Å². The fraction of sp³-hybridized carbons (Fsp3) is 0.143. The molecular weight excluding hydrogens is 217 g/mol. The summed E-state index contributed by atoms with van der Waals surface area (Å²) in [7, 11) is -3.84. The van der Waals surface area contributed by atoms with Crippen molar-refractivity contribution in [1.29, 1.82) is 0 Å². The van der Waals surface area contributed by atoms with E-state index in [9.17, 15) is 12.8 Å². The normalized spacial score (nSPS) is 11.5. The quantitative estimate of drug-likeness (QED) is 0.776. The molecule has 0 aliphatic carbocycles. The van der Waals surface area contributed by atoms with Crippen LogP contribution in [0.2, 0.25) is 5.02 Å². The van der Waals surface area contributed by atoms with Crippen LogP contribution >= 0.6 is 11.6 Å². The van der Waals surface area contributed by atoms with Crippen LogP contribution in [0, 0.1) is 0 Å². The Kier molecular flexibility index (Phi) is 2.77. The summed E-state index contributed by atoms with van der Waals surface area (Å²) in [5, 5.41) is 0.248. The third kappa shape index (κ3) is 2.10. The van der Waals surface area contributed by atoms with Crippen LogP contribution in [0.15, 0.2) is 23.1 Å². The van der Waals surface area contributed by atoms with Gasteiger partial charge in [0.15, 0.2) is 6.01 Å². The van der Waals surface area contributed by atoms with E-state index in [-0.39, 0.29) is 15.6 Å². The number of halogens is 2. The van der Waals surface area contributed by atoms with Crippen LogP contribution in [0.4, 0.5) is 10.1 Å². The molecule has 0 amide bonds. The van der Waals surface area contributed by atoms with Gasteiger partial charge < -0.3 is 5.73 Å². The van der Waals surface area contributed by atoms with Gasteiger partial charge in [-0.2, -0.15) is 0 Å². The van der Waals surface area contributed by atoms with E-state index in [2.05, 4.69) is 0 Å². The summed E-state index contributed by atoms with van der Waals surface area (Å²) in [4.78, 5) is -0.156. The second-order valence-corrected chi connectivity index (χ2v) is 4.73. The van der Waals surface area contributed by atoms with Crippen molar-refractivity contribution >= 4 is 27.1 Å². The Morgan fingerprint density at radius 1 is 1.46 bits per heavy atom. The molecule has 1 aromatic rings. The Labute approximate surface area is 80.2 Å². The van der Waals surface area contributed by atoms with Crippen molar-refractivity contribution in [3.05, 3.63) is 23.2 Å². The highest BCUT2D eigenvalue weighted by Crippen LogP contribution is 2.22. The van der Waals surface area contributed by atoms with Crippen LogP contribution in [-0.4, -0.2) is 14.4 Å². The molecule has 13 heavy (non-hydrogen) atoms. The van der Waals surface area contributed by atoms with E-state index in [0.717, 1.165) is 6.07 Å². The lowest BCUT2D eigenvalue weighted by molar-refractivity contribution is 0.534. The van der Waals surface area contributed by atoms with E-state index >= 15 is 0 Å². The highest BCUT2D eigenvalue weighted by Gasteiger charge is 2.14. The lowest BCUT2D eigenvalue weighted by atomic mass is 10.3. The average Bonchev–Trinajstić information content (AvgIpc) is 2.09. The number of sulfone groups is 1. The van der Waals surface area contributed by atoms with Gasteiger partial charge in [0, 0.05) is 0 Å². The predicted octanol–water partition coefficient (Wildman–Crippen LogP) is 1.62. The molecule has 0 bridgehead atoms. The molecule has 0 saturated heterocycles. The zero-order chi connectivity index (χ0) is 10.1. The Hall–Kier alpha value is -0.810. The topological polar surface area (TPSA) is 60.2 Å². The smallest absolute Gasteiger partial charge is 0.207 e. The molecule has 0 aliphatic heterocycles. The Morgan fingerprint density at radius 2 is 2.08 bits per heavy atom. The summed E-state index contributed by atoms with van der Waals surface area (Å²) in [6.07, 6.45) is 0.